The normalized spacial score (nSPS) is 11.0. The van der Waals surface area contributed by atoms with Gasteiger partial charge in [0.2, 0.25) is 0 Å². The van der Waals surface area contributed by atoms with E-state index >= 15 is 0 Å². The highest BCUT2D eigenvalue weighted by atomic mass is 16.5. The second-order valence-corrected chi connectivity index (χ2v) is 4.94. The van der Waals surface area contributed by atoms with E-state index in [2.05, 4.69) is 41.8 Å². The van der Waals surface area contributed by atoms with E-state index in [0.717, 1.165) is 40.3 Å². The average Bonchev–Trinajstić information content (AvgIpc) is 2.92. The zero-order valence-corrected chi connectivity index (χ0v) is 12.3. The van der Waals surface area contributed by atoms with Gasteiger partial charge in [-0.1, -0.05) is 24.3 Å². The first-order valence-corrected chi connectivity index (χ1v) is 7.10. The van der Waals surface area contributed by atoms with E-state index in [4.69, 9.17) is 15.5 Å². The van der Waals surface area contributed by atoms with Gasteiger partial charge in [0.1, 0.15) is 11.6 Å². The molecular formula is C17H19N3O. The van der Waals surface area contributed by atoms with Crippen LogP contribution in [0.15, 0.2) is 42.5 Å². The van der Waals surface area contributed by atoms with Gasteiger partial charge in [-0.05, 0) is 24.6 Å². The van der Waals surface area contributed by atoms with Crippen LogP contribution in [-0.2, 0) is 13.1 Å². The Morgan fingerprint density at radius 1 is 1.14 bits per heavy atom. The topological polar surface area (TPSA) is 53.1 Å². The summed E-state index contributed by atoms with van der Waals surface area (Å²) in [5.74, 6) is 1.80. The molecule has 2 N–H and O–H groups in total. The van der Waals surface area contributed by atoms with Gasteiger partial charge >= 0.3 is 0 Å². The van der Waals surface area contributed by atoms with Crippen LogP contribution >= 0.6 is 0 Å². The fourth-order valence-corrected chi connectivity index (χ4v) is 2.57. The van der Waals surface area contributed by atoms with Gasteiger partial charge in [-0.2, -0.15) is 0 Å². The monoisotopic (exact) mass is 281 g/mol. The summed E-state index contributed by atoms with van der Waals surface area (Å²) in [6.07, 6.45) is 0. The van der Waals surface area contributed by atoms with Crippen LogP contribution < -0.4 is 10.5 Å². The zero-order chi connectivity index (χ0) is 14.8. The third kappa shape index (κ3) is 2.38. The van der Waals surface area contributed by atoms with Gasteiger partial charge in [-0.3, -0.25) is 0 Å². The second-order valence-electron chi connectivity index (χ2n) is 4.94. The lowest BCUT2D eigenvalue weighted by atomic mass is 10.1. The summed E-state index contributed by atoms with van der Waals surface area (Å²) in [4.78, 5) is 4.77. The molecule has 0 bridgehead atoms. The molecule has 3 rings (SSSR count). The molecule has 1 aromatic heterocycles. The lowest BCUT2D eigenvalue weighted by molar-refractivity contribution is 0.415. The van der Waals surface area contributed by atoms with Crippen molar-refractivity contribution in [2.75, 3.05) is 7.11 Å². The molecule has 4 nitrogen and oxygen atoms in total. The van der Waals surface area contributed by atoms with Crippen molar-refractivity contribution in [3.05, 3.63) is 48.0 Å². The minimum atomic E-state index is 0.557. The third-order valence-electron chi connectivity index (χ3n) is 3.72. The summed E-state index contributed by atoms with van der Waals surface area (Å²) in [6.45, 7) is 3.56. The zero-order valence-electron chi connectivity index (χ0n) is 12.3. The molecule has 3 aromatic rings. The second kappa shape index (κ2) is 5.58. The number of ether oxygens (including phenoxy) is 1. The smallest absolute Gasteiger partial charge is 0.141 e. The molecule has 4 heteroatoms. The molecule has 0 aliphatic carbocycles. The number of hydrogen-bond donors (Lipinski definition) is 1. The number of methoxy groups -OCH3 is 1. The number of imidazole rings is 1. The van der Waals surface area contributed by atoms with Crippen LogP contribution in [0, 0.1) is 0 Å². The lowest BCUT2D eigenvalue weighted by Crippen LogP contribution is -1.99. The maximum Gasteiger partial charge on any atom is 0.141 e. The van der Waals surface area contributed by atoms with Crippen LogP contribution in [0.2, 0.25) is 0 Å². The predicted octanol–water partition coefficient (Wildman–Crippen LogP) is 3.19. The number of fused-ring (bicyclic) bond motifs is 1. The molecule has 21 heavy (non-hydrogen) atoms. The standard InChI is InChI=1S/C17H19N3O/c1-3-20-16-9-8-14(21-2)10-15(16)19-17(20)13-6-4-12(11-18)5-7-13/h4-10H,3,11,18H2,1-2H3. The van der Waals surface area contributed by atoms with Crippen LogP contribution in [0.25, 0.3) is 22.4 Å². The van der Waals surface area contributed by atoms with Crippen molar-refractivity contribution in [2.45, 2.75) is 20.0 Å². The molecule has 1 heterocycles. The van der Waals surface area contributed by atoms with Gasteiger partial charge in [0.25, 0.3) is 0 Å². The van der Waals surface area contributed by atoms with E-state index in [0.29, 0.717) is 6.54 Å². The summed E-state index contributed by atoms with van der Waals surface area (Å²) >= 11 is 0. The Bertz CT molecular complexity index is 760. The molecule has 0 amide bonds. The van der Waals surface area contributed by atoms with E-state index in [9.17, 15) is 0 Å². The molecule has 0 radical (unpaired) electrons. The molecule has 0 atom stereocenters. The molecule has 0 saturated carbocycles. The first kappa shape index (κ1) is 13.6. The fraction of sp³-hybridized carbons (Fsp3) is 0.235. The predicted molar refractivity (Wildman–Crippen MR) is 85.3 cm³/mol. The maximum absolute atomic E-state index is 5.65. The minimum Gasteiger partial charge on any atom is -0.497 e. The summed E-state index contributed by atoms with van der Waals surface area (Å²) in [6, 6.07) is 14.3. The minimum absolute atomic E-state index is 0.557. The Balaban J connectivity index is 2.16. The summed E-state index contributed by atoms with van der Waals surface area (Å²) in [5.41, 5.74) is 9.95. The van der Waals surface area contributed by atoms with E-state index in [-0.39, 0.29) is 0 Å². The average molecular weight is 281 g/mol. The maximum atomic E-state index is 5.65. The summed E-state index contributed by atoms with van der Waals surface area (Å²) in [5, 5.41) is 0. The molecule has 0 aliphatic rings. The van der Waals surface area contributed by atoms with Gasteiger partial charge in [0, 0.05) is 24.7 Å². The quantitative estimate of drug-likeness (QED) is 0.799. The van der Waals surface area contributed by atoms with Crippen molar-refractivity contribution in [3.8, 4) is 17.1 Å². The number of aromatic nitrogens is 2. The van der Waals surface area contributed by atoms with Gasteiger partial charge in [0.05, 0.1) is 18.1 Å². The van der Waals surface area contributed by atoms with Crippen LogP contribution in [0.3, 0.4) is 0 Å². The number of aryl methyl sites for hydroxylation is 1. The van der Waals surface area contributed by atoms with Crippen LogP contribution in [-0.4, -0.2) is 16.7 Å². The number of rotatable bonds is 4. The summed E-state index contributed by atoms with van der Waals surface area (Å²) in [7, 11) is 1.67. The Kier molecular flexibility index (Phi) is 3.62. The van der Waals surface area contributed by atoms with Crippen LogP contribution in [0.5, 0.6) is 5.75 Å². The van der Waals surface area contributed by atoms with Crippen molar-refractivity contribution in [2.24, 2.45) is 5.73 Å². The highest BCUT2D eigenvalue weighted by Gasteiger charge is 2.12. The Hall–Kier alpha value is -2.33. The molecule has 2 aromatic carbocycles. The molecule has 0 saturated heterocycles. The molecule has 0 fully saturated rings. The molecule has 108 valence electrons. The highest BCUT2D eigenvalue weighted by Crippen LogP contribution is 2.27. The van der Waals surface area contributed by atoms with Crippen molar-refractivity contribution in [1.82, 2.24) is 9.55 Å². The molecule has 0 spiro atoms. The molecule has 0 unspecified atom stereocenters. The Morgan fingerprint density at radius 3 is 2.52 bits per heavy atom. The number of benzene rings is 2. The van der Waals surface area contributed by atoms with E-state index in [1.54, 1.807) is 7.11 Å². The van der Waals surface area contributed by atoms with Crippen molar-refractivity contribution >= 4 is 11.0 Å². The summed E-state index contributed by atoms with van der Waals surface area (Å²) < 4.78 is 7.49. The molecular weight excluding hydrogens is 262 g/mol. The largest absolute Gasteiger partial charge is 0.497 e. The van der Waals surface area contributed by atoms with Gasteiger partial charge < -0.3 is 15.0 Å². The number of nitrogens with two attached hydrogens (primary N) is 1. The van der Waals surface area contributed by atoms with Gasteiger partial charge in [0.15, 0.2) is 0 Å². The van der Waals surface area contributed by atoms with Crippen molar-refractivity contribution < 1.29 is 4.74 Å². The molecule has 0 aliphatic heterocycles. The Morgan fingerprint density at radius 2 is 1.90 bits per heavy atom. The fourth-order valence-electron chi connectivity index (χ4n) is 2.57. The highest BCUT2D eigenvalue weighted by molar-refractivity contribution is 5.82. The van der Waals surface area contributed by atoms with Crippen LogP contribution in [0.4, 0.5) is 0 Å². The van der Waals surface area contributed by atoms with Gasteiger partial charge in [-0.15, -0.1) is 0 Å². The van der Waals surface area contributed by atoms with Crippen molar-refractivity contribution in [1.29, 1.82) is 0 Å². The van der Waals surface area contributed by atoms with Crippen molar-refractivity contribution in [3.63, 3.8) is 0 Å². The number of nitrogens with zero attached hydrogens (tertiary/aromatic N) is 2. The third-order valence-corrected chi connectivity index (χ3v) is 3.72. The van der Waals surface area contributed by atoms with Gasteiger partial charge in [-0.25, -0.2) is 4.98 Å². The van der Waals surface area contributed by atoms with E-state index in [1.807, 2.05) is 12.1 Å². The van der Waals surface area contributed by atoms with Crippen LogP contribution in [0.1, 0.15) is 12.5 Å². The first-order chi connectivity index (χ1) is 10.3. The van der Waals surface area contributed by atoms with E-state index < -0.39 is 0 Å². The first-order valence-electron chi connectivity index (χ1n) is 7.10. The van der Waals surface area contributed by atoms with E-state index in [1.165, 1.54) is 0 Å². The number of hydrogen-bond acceptors (Lipinski definition) is 3. The SMILES string of the molecule is CCn1c(-c2ccc(CN)cc2)nc2cc(OC)ccc21. The lowest BCUT2D eigenvalue weighted by Gasteiger charge is -2.07. The Labute approximate surface area is 124 Å².